The van der Waals surface area contributed by atoms with Crippen molar-refractivity contribution in [2.24, 2.45) is 5.73 Å². The van der Waals surface area contributed by atoms with Crippen LogP contribution in [0.2, 0.25) is 0 Å². The first-order valence-corrected chi connectivity index (χ1v) is 7.26. The van der Waals surface area contributed by atoms with E-state index in [1.165, 1.54) is 0 Å². The number of benzene rings is 1. The van der Waals surface area contributed by atoms with Crippen LogP contribution >= 0.6 is 0 Å². The predicted molar refractivity (Wildman–Crippen MR) is 81.3 cm³/mol. The van der Waals surface area contributed by atoms with E-state index in [4.69, 9.17) is 10.5 Å². The summed E-state index contributed by atoms with van der Waals surface area (Å²) in [6.07, 6.45) is 6.48. The standard InChI is InChI=1S/C17H17N3O/c18-17(15-11-19-20-9-2-1-6-16(15)20)12-4-3-5-14(10-12)21-13-7-8-13/h1-6,9-11,13,17H,7-8,18H2. The lowest BCUT2D eigenvalue weighted by atomic mass is 10.0. The molecule has 21 heavy (non-hydrogen) atoms. The summed E-state index contributed by atoms with van der Waals surface area (Å²) in [7, 11) is 0. The van der Waals surface area contributed by atoms with E-state index in [0.29, 0.717) is 6.10 Å². The lowest BCUT2D eigenvalue weighted by molar-refractivity contribution is 0.303. The molecule has 1 atom stereocenters. The van der Waals surface area contributed by atoms with Crippen molar-refractivity contribution in [3.63, 3.8) is 0 Å². The van der Waals surface area contributed by atoms with E-state index in [-0.39, 0.29) is 6.04 Å². The van der Waals surface area contributed by atoms with Crippen molar-refractivity contribution in [3.8, 4) is 5.75 Å². The third-order valence-corrected chi connectivity index (χ3v) is 3.84. The van der Waals surface area contributed by atoms with Gasteiger partial charge < -0.3 is 10.5 Å². The van der Waals surface area contributed by atoms with Crippen LogP contribution in [-0.4, -0.2) is 15.7 Å². The first kappa shape index (κ1) is 12.4. The number of nitrogens with zero attached hydrogens (tertiary/aromatic N) is 2. The van der Waals surface area contributed by atoms with Gasteiger partial charge in [-0.3, -0.25) is 0 Å². The lowest BCUT2D eigenvalue weighted by Crippen LogP contribution is -2.11. The van der Waals surface area contributed by atoms with Gasteiger partial charge in [0.05, 0.1) is 23.9 Å². The topological polar surface area (TPSA) is 52.5 Å². The molecule has 0 bridgehead atoms. The minimum atomic E-state index is -0.201. The summed E-state index contributed by atoms with van der Waals surface area (Å²) in [4.78, 5) is 0. The Morgan fingerprint density at radius 1 is 1.19 bits per heavy atom. The minimum absolute atomic E-state index is 0.201. The van der Waals surface area contributed by atoms with Gasteiger partial charge in [0.1, 0.15) is 5.75 Å². The molecule has 3 aromatic rings. The van der Waals surface area contributed by atoms with E-state index in [0.717, 1.165) is 35.2 Å². The second kappa shape index (κ2) is 4.90. The van der Waals surface area contributed by atoms with Crippen LogP contribution in [0.4, 0.5) is 0 Å². The van der Waals surface area contributed by atoms with Gasteiger partial charge in [-0.2, -0.15) is 5.10 Å². The maximum Gasteiger partial charge on any atom is 0.120 e. The number of aromatic nitrogens is 2. The van der Waals surface area contributed by atoms with Crippen molar-refractivity contribution in [1.29, 1.82) is 0 Å². The van der Waals surface area contributed by atoms with Crippen molar-refractivity contribution < 1.29 is 4.74 Å². The van der Waals surface area contributed by atoms with Crippen molar-refractivity contribution in [3.05, 3.63) is 66.0 Å². The molecule has 2 aromatic heterocycles. The van der Waals surface area contributed by atoms with Crippen LogP contribution in [0.5, 0.6) is 5.75 Å². The van der Waals surface area contributed by atoms with Crippen LogP contribution in [0, 0.1) is 0 Å². The van der Waals surface area contributed by atoms with Gasteiger partial charge in [-0.1, -0.05) is 18.2 Å². The summed E-state index contributed by atoms with van der Waals surface area (Å²) >= 11 is 0. The average Bonchev–Trinajstić information content (AvgIpc) is 3.23. The molecule has 0 saturated heterocycles. The molecule has 4 nitrogen and oxygen atoms in total. The lowest BCUT2D eigenvalue weighted by Gasteiger charge is -2.13. The molecule has 4 rings (SSSR count). The molecule has 1 aliphatic carbocycles. The molecule has 1 fully saturated rings. The monoisotopic (exact) mass is 279 g/mol. The summed E-state index contributed by atoms with van der Waals surface area (Å²) in [6, 6.07) is 13.9. The Morgan fingerprint density at radius 2 is 2.10 bits per heavy atom. The number of nitrogens with two attached hydrogens (primary N) is 1. The summed E-state index contributed by atoms with van der Waals surface area (Å²) in [6.45, 7) is 0. The number of hydrogen-bond donors (Lipinski definition) is 1. The highest BCUT2D eigenvalue weighted by Gasteiger charge is 2.24. The van der Waals surface area contributed by atoms with Crippen LogP contribution in [-0.2, 0) is 0 Å². The van der Waals surface area contributed by atoms with Gasteiger partial charge in [0.2, 0.25) is 0 Å². The molecular formula is C17H17N3O. The smallest absolute Gasteiger partial charge is 0.120 e. The molecule has 0 aliphatic heterocycles. The molecule has 106 valence electrons. The normalized spacial score (nSPS) is 16.0. The van der Waals surface area contributed by atoms with E-state index < -0.39 is 0 Å². The number of hydrogen-bond acceptors (Lipinski definition) is 3. The third-order valence-electron chi connectivity index (χ3n) is 3.84. The SMILES string of the molecule is NC(c1cccc(OC2CC2)c1)c1cnn2ccccc12. The molecule has 1 saturated carbocycles. The van der Waals surface area contributed by atoms with E-state index >= 15 is 0 Å². The zero-order valence-electron chi connectivity index (χ0n) is 11.6. The van der Waals surface area contributed by atoms with E-state index in [1.54, 1.807) is 0 Å². The Labute approximate surface area is 123 Å². The van der Waals surface area contributed by atoms with Gasteiger partial charge in [-0.25, -0.2) is 4.52 Å². The van der Waals surface area contributed by atoms with Gasteiger partial charge >= 0.3 is 0 Å². The largest absolute Gasteiger partial charge is 0.490 e. The van der Waals surface area contributed by atoms with E-state index in [9.17, 15) is 0 Å². The maximum absolute atomic E-state index is 6.43. The molecule has 0 amide bonds. The average molecular weight is 279 g/mol. The molecular weight excluding hydrogens is 262 g/mol. The fourth-order valence-corrected chi connectivity index (χ4v) is 2.53. The second-order valence-electron chi connectivity index (χ2n) is 5.50. The van der Waals surface area contributed by atoms with E-state index in [1.807, 2.05) is 59.4 Å². The van der Waals surface area contributed by atoms with Crippen LogP contribution in [0.25, 0.3) is 5.52 Å². The van der Waals surface area contributed by atoms with Crippen molar-refractivity contribution >= 4 is 5.52 Å². The predicted octanol–water partition coefficient (Wildman–Crippen LogP) is 2.92. The van der Waals surface area contributed by atoms with Crippen molar-refractivity contribution in [2.75, 3.05) is 0 Å². The quantitative estimate of drug-likeness (QED) is 0.799. The van der Waals surface area contributed by atoms with Gasteiger partial charge in [0, 0.05) is 11.8 Å². The molecule has 1 unspecified atom stereocenters. The highest BCUT2D eigenvalue weighted by Crippen LogP contribution is 2.30. The Morgan fingerprint density at radius 3 is 2.95 bits per heavy atom. The maximum atomic E-state index is 6.43. The van der Waals surface area contributed by atoms with Crippen LogP contribution < -0.4 is 10.5 Å². The number of pyridine rings is 1. The molecule has 2 N–H and O–H groups in total. The van der Waals surface area contributed by atoms with Crippen LogP contribution in [0.15, 0.2) is 54.9 Å². The minimum Gasteiger partial charge on any atom is -0.490 e. The number of rotatable bonds is 4. The zero-order valence-corrected chi connectivity index (χ0v) is 11.6. The first-order valence-electron chi connectivity index (χ1n) is 7.26. The Hall–Kier alpha value is -2.33. The highest BCUT2D eigenvalue weighted by molar-refractivity contribution is 5.57. The van der Waals surface area contributed by atoms with Gasteiger partial charge in [0.25, 0.3) is 0 Å². The third kappa shape index (κ3) is 2.38. The summed E-state index contributed by atoms with van der Waals surface area (Å²) in [5.74, 6) is 0.905. The summed E-state index contributed by atoms with van der Waals surface area (Å²) < 4.78 is 7.69. The fraction of sp³-hybridized carbons (Fsp3) is 0.235. The Kier molecular flexibility index (Phi) is 2.89. The van der Waals surface area contributed by atoms with Crippen LogP contribution in [0.3, 0.4) is 0 Å². The first-order chi connectivity index (χ1) is 10.3. The van der Waals surface area contributed by atoms with Crippen molar-refractivity contribution in [2.45, 2.75) is 25.0 Å². The van der Waals surface area contributed by atoms with Gasteiger partial charge in [-0.05, 0) is 42.7 Å². The van der Waals surface area contributed by atoms with E-state index in [2.05, 4.69) is 5.10 Å². The highest BCUT2D eigenvalue weighted by atomic mass is 16.5. The Bertz CT molecular complexity index is 776. The van der Waals surface area contributed by atoms with Crippen molar-refractivity contribution in [1.82, 2.24) is 9.61 Å². The Balaban J connectivity index is 1.68. The fourth-order valence-electron chi connectivity index (χ4n) is 2.53. The van der Waals surface area contributed by atoms with Gasteiger partial charge in [0.15, 0.2) is 0 Å². The zero-order chi connectivity index (χ0) is 14.2. The van der Waals surface area contributed by atoms with Gasteiger partial charge in [-0.15, -0.1) is 0 Å². The summed E-state index contributed by atoms with van der Waals surface area (Å²) in [5, 5.41) is 4.35. The second-order valence-corrected chi connectivity index (χ2v) is 5.50. The molecule has 2 heterocycles. The molecule has 1 aliphatic rings. The number of fused-ring (bicyclic) bond motifs is 1. The number of ether oxygens (including phenoxy) is 1. The molecule has 1 aromatic carbocycles. The molecule has 0 radical (unpaired) electrons. The molecule has 4 heteroatoms. The summed E-state index contributed by atoms with van der Waals surface area (Å²) in [5.41, 5.74) is 9.55. The van der Waals surface area contributed by atoms with Crippen LogP contribution in [0.1, 0.15) is 30.0 Å². The molecule has 0 spiro atoms.